The molecule has 0 bridgehead atoms. The van der Waals surface area contributed by atoms with Crippen LogP contribution in [0.1, 0.15) is 42.9 Å². The fourth-order valence-electron chi connectivity index (χ4n) is 4.24. The molecule has 0 spiro atoms. The Kier molecular flexibility index (Phi) is 4.94. The van der Waals surface area contributed by atoms with Crippen molar-refractivity contribution in [2.24, 2.45) is 0 Å². The Labute approximate surface area is 177 Å². The fourth-order valence-corrected chi connectivity index (χ4v) is 4.24. The van der Waals surface area contributed by atoms with Gasteiger partial charge >= 0.3 is 6.18 Å². The lowest BCUT2D eigenvalue weighted by Gasteiger charge is -2.25. The van der Waals surface area contributed by atoms with Gasteiger partial charge in [0.1, 0.15) is 11.9 Å². The molecular weight excluding hydrogens is 411 g/mol. The average molecular weight is 433 g/mol. The first-order valence-electron chi connectivity index (χ1n) is 10.4. The van der Waals surface area contributed by atoms with E-state index in [9.17, 15) is 18.0 Å². The number of anilines is 1. The highest BCUT2D eigenvalue weighted by atomic mass is 19.4. The highest BCUT2D eigenvalue weighted by Crippen LogP contribution is 2.38. The van der Waals surface area contributed by atoms with Crippen LogP contribution in [0.4, 0.5) is 19.0 Å². The summed E-state index contributed by atoms with van der Waals surface area (Å²) in [6.45, 7) is 1.59. The van der Waals surface area contributed by atoms with Gasteiger partial charge in [0, 0.05) is 44.1 Å². The van der Waals surface area contributed by atoms with Gasteiger partial charge in [0.25, 0.3) is 0 Å². The van der Waals surface area contributed by atoms with Gasteiger partial charge in [0.15, 0.2) is 0 Å². The minimum atomic E-state index is -4.44. The van der Waals surface area contributed by atoms with Crippen molar-refractivity contribution in [2.45, 2.75) is 49.9 Å². The summed E-state index contributed by atoms with van der Waals surface area (Å²) < 4.78 is 43.9. The maximum absolute atomic E-state index is 12.7. The topological polar surface area (TPSA) is 71.5 Å². The third-order valence-corrected chi connectivity index (χ3v) is 6.05. The Balaban J connectivity index is 1.25. The van der Waals surface area contributed by atoms with Crippen LogP contribution in [0.5, 0.6) is 5.88 Å². The van der Waals surface area contributed by atoms with Gasteiger partial charge in [0.2, 0.25) is 11.8 Å². The van der Waals surface area contributed by atoms with Crippen molar-refractivity contribution >= 4 is 11.7 Å². The largest absolute Gasteiger partial charge is 0.472 e. The molecule has 7 nitrogen and oxygen atoms in total. The quantitative estimate of drug-likeness (QED) is 0.738. The van der Waals surface area contributed by atoms with Crippen LogP contribution in [0.3, 0.4) is 0 Å². The van der Waals surface area contributed by atoms with Crippen LogP contribution >= 0.6 is 0 Å². The third-order valence-electron chi connectivity index (χ3n) is 6.05. The number of halogens is 3. The molecule has 3 aliphatic rings. The molecule has 2 unspecified atom stereocenters. The summed E-state index contributed by atoms with van der Waals surface area (Å²) >= 11 is 0. The summed E-state index contributed by atoms with van der Waals surface area (Å²) in [7, 11) is 0. The van der Waals surface area contributed by atoms with Gasteiger partial charge in [-0.1, -0.05) is 0 Å². The summed E-state index contributed by atoms with van der Waals surface area (Å²) in [4.78, 5) is 29.4. The minimum Gasteiger partial charge on any atom is -0.472 e. The predicted octanol–water partition coefficient (Wildman–Crippen LogP) is 3.03. The van der Waals surface area contributed by atoms with E-state index < -0.39 is 11.7 Å². The summed E-state index contributed by atoms with van der Waals surface area (Å²) in [5.41, 5.74) is 0.203. The predicted molar refractivity (Wildman–Crippen MR) is 105 cm³/mol. The highest BCUT2D eigenvalue weighted by molar-refractivity contribution is 5.78. The smallest absolute Gasteiger partial charge is 0.417 e. The lowest BCUT2D eigenvalue weighted by Crippen LogP contribution is -2.38. The summed E-state index contributed by atoms with van der Waals surface area (Å²) in [5.74, 6) is 1.46. The van der Waals surface area contributed by atoms with E-state index in [0.29, 0.717) is 38.4 Å². The molecule has 0 N–H and O–H groups in total. The SMILES string of the molecule is O=C1CCN(c2cnc(C3CC3)cn2)CC2CC(Oc3ccc(C(F)(F)F)cn3)CN12. The van der Waals surface area contributed by atoms with Crippen molar-refractivity contribution in [2.75, 3.05) is 24.5 Å². The molecule has 1 saturated carbocycles. The summed E-state index contributed by atoms with van der Waals surface area (Å²) in [6, 6.07) is 2.11. The summed E-state index contributed by atoms with van der Waals surface area (Å²) in [5, 5.41) is 0. The first-order valence-corrected chi connectivity index (χ1v) is 10.4. The molecule has 31 heavy (non-hydrogen) atoms. The first kappa shape index (κ1) is 20.0. The lowest BCUT2D eigenvalue weighted by molar-refractivity contribution is -0.138. The number of alkyl halides is 3. The van der Waals surface area contributed by atoms with Gasteiger partial charge in [-0.15, -0.1) is 0 Å². The van der Waals surface area contributed by atoms with Crippen LogP contribution < -0.4 is 9.64 Å². The minimum absolute atomic E-state index is 0.0431. The van der Waals surface area contributed by atoms with E-state index in [-0.39, 0.29) is 23.9 Å². The molecule has 5 rings (SSSR count). The summed E-state index contributed by atoms with van der Waals surface area (Å²) in [6.07, 6.45) is 2.90. The van der Waals surface area contributed by atoms with Crippen molar-refractivity contribution in [1.82, 2.24) is 19.9 Å². The number of hydrogen-bond acceptors (Lipinski definition) is 6. The molecular formula is C21H22F3N5O2. The maximum atomic E-state index is 12.7. The van der Waals surface area contributed by atoms with Gasteiger partial charge in [-0.25, -0.2) is 9.97 Å². The highest BCUT2D eigenvalue weighted by Gasteiger charge is 2.40. The van der Waals surface area contributed by atoms with Crippen molar-refractivity contribution in [1.29, 1.82) is 0 Å². The Morgan fingerprint density at radius 1 is 1.03 bits per heavy atom. The molecule has 2 aromatic rings. The standard InChI is InChI=1S/C21H22F3N5O2/c22-21(23,24)14-3-4-19(27-8-14)31-16-7-15-11-28(6-5-20(30)29(15)12-16)18-10-25-17(9-26-18)13-1-2-13/h3-4,8-10,13,15-16H,1-2,5-7,11-12H2. The molecule has 2 aromatic heterocycles. The molecule has 3 fully saturated rings. The van der Waals surface area contributed by atoms with E-state index in [2.05, 4.69) is 19.9 Å². The number of aromatic nitrogens is 3. The molecule has 10 heteroatoms. The van der Waals surface area contributed by atoms with E-state index >= 15 is 0 Å². The van der Waals surface area contributed by atoms with Gasteiger partial charge in [0.05, 0.1) is 36.2 Å². The van der Waals surface area contributed by atoms with Gasteiger partial charge in [-0.3, -0.25) is 9.78 Å². The van der Waals surface area contributed by atoms with Crippen LogP contribution in [0.2, 0.25) is 0 Å². The van der Waals surface area contributed by atoms with Crippen LogP contribution in [-0.4, -0.2) is 57.5 Å². The molecule has 1 aliphatic carbocycles. The number of rotatable bonds is 4. The lowest BCUT2D eigenvalue weighted by atomic mass is 10.2. The van der Waals surface area contributed by atoms with Crippen molar-refractivity contribution in [3.05, 3.63) is 42.0 Å². The zero-order valence-corrected chi connectivity index (χ0v) is 16.8. The number of ether oxygens (including phenoxy) is 1. The van der Waals surface area contributed by atoms with Gasteiger partial charge < -0.3 is 14.5 Å². The first-order chi connectivity index (χ1) is 14.9. The third kappa shape index (κ3) is 4.28. The molecule has 2 saturated heterocycles. The second kappa shape index (κ2) is 7.65. The maximum Gasteiger partial charge on any atom is 0.417 e. The number of amides is 1. The second-order valence-corrected chi connectivity index (χ2v) is 8.33. The van der Waals surface area contributed by atoms with E-state index in [1.807, 2.05) is 6.20 Å². The number of nitrogens with zero attached hydrogens (tertiary/aromatic N) is 5. The Morgan fingerprint density at radius 2 is 1.87 bits per heavy atom. The number of carbonyl (C=O) groups excluding carboxylic acids is 1. The molecule has 0 radical (unpaired) electrons. The Hall–Kier alpha value is -2.91. The zero-order chi connectivity index (χ0) is 21.6. The fraction of sp³-hybridized carbons (Fsp3) is 0.524. The second-order valence-electron chi connectivity index (χ2n) is 8.33. The average Bonchev–Trinajstić information content (AvgIpc) is 3.54. The number of pyridine rings is 1. The van der Waals surface area contributed by atoms with E-state index in [1.165, 1.54) is 18.9 Å². The van der Waals surface area contributed by atoms with Crippen molar-refractivity contribution in [3.8, 4) is 5.88 Å². The van der Waals surface area contributed by atoms with Gasteiger partial charge in [-0.05, 0) is 18.9 Å². The van der Waals surface area contributed by atoms with E-state index in [0.717, 1.165) is 23.8 Å². The number of fused-ring (bicyclic) bond motifs is 1. The number of hydrogen-bond donors (Lipinski definition) is 0. The zero-order valence-electron chi connectivity index (χ0n) is 16.8. The van der Waals surface area contributed by atoms with Crippen LogP contribution in [0, 0.1) is 0 Å². The molecule has 4 heterocycles. The van der Waals surface area contributed by atoms with Gasteiger partial charge in [-0.2, -0.15) is 13.2 Å². The molecule has 2 atom stereocenters. The Bertz CT molecular complexity index is 947. The number of carbonyl (C=O) groups is 1. The Morgan fingerprint density at radius 3 is 2.52 bits per heavy atom. The van der Waals surface area contributed by atoms with Crippen molar-refractivity contribution < 1.29 is 22.7 Å². The van der Waals surface area contributed by atoms with Crippen molar-refractivity contribution in [3.63, 3.8) is 0 Å². The molecule has 1 amide bonds. The monoisotopic (exact) mass is 433 g/mol. The van der Waals surface area contributed by atoms with Crippen LogP contribution in [0.15, 0.2) is 30.7 Å². The van der Waals surface area contributed by atoms with Crippen LogP contribution in [0.25, 0.3) is 0 Å². The van der Waals surface area contributed by atoms with E-state index in [1.54, 1.807) is 11.1 Å². The molecule has 164 valence electrons. The molecule has 0 aromatic carbocycles. The van der Waals surface area contributed by atoms with Crippen LogP contribution in [-0.2, 0) is 11.0 Å². The van der Waals surface area contributed by atoms with E-state index in [4.69, 9.17) is 4.74 Å². The molecule has 2 aliphatic heterocycles. The normalized spacial score (nSPS) is 24.2.